The maximum Gasteiger partial charge on any atom is 0.326 e. The lowest BCUT2D eigenvalue weighted by Crippen LogP contribution is -2.24. The largest absolute Gasteiger partial charge is 0.426 e. The molecule has 0 saturated carbocycles. The Balaban J connectivity index is 2.03. The number of benzene rings is 2. The number of hydrogen-bond acceptors (Lipinski definition) is 2. The summed E-state index contributed by atoms with van der Waals surface area (Å²) >= 11 is 6.90. The second kappa shape index (κ2) is 6.87. The van der Waals surface area contributed by atoms with Gasteiger partial charge < -0.3 is 4.74 Å². The van der Waals surface area contributed by atoms with Gasteiger partial charge in [-0.15, -0.1) is 0 Å². The maximum absolute atomic E-state index is 12.0. The third-order valence-electron chi connectivity index (χ3n) is 2.56. The average molecular weight is 384 g/mol. The van der Waals surface area contributed by atoms with Crippen LogP contribution in [0.15, 0.2) is 60.7 Å². The molecule has 0 N–H and O–H groups in total. The number of hydrogen-bond donors (Lipinski definition) is 0. The molecule has 2 aromatic carbocycles. The summed E-state index contributed by atoms with van der Waals surface area (Å²) in [6.45, 7) is 0. The second-order valence-electron chi connectivity index (χ2n) is 3.95. The van der Waals surface area contributed by atoms with Crippen molar-refractivity contribution >= 4 is 37.8 Å². The van der Waals surface area contributed by atoms with Crippen molar-refractivity contribution in [2.45, 2.75) is 9.65 Å². The zero-order valence-electron chi connectivity index (χ0n) is 10.0. The van der Waals surface area contributed by atoms with Crippen molar-refractivity contribution in [3.8, 4) is 5.75 Å². The summed E-state index contributed by atoms with van der Waals surface area (Å²) < 4.78 is 5.30. The highest BCUT2D eigenvalue weighted by Crippen LogP contribution is 2.32. The molecule has 0 fully saturated rings. The van der Waals surface area contributed by atoms with Crippen LogP contribution in [0.4, 0.5) is 0 Å². The third kappa shape index (κ3) is 3.91. The van der Waals surface area contributed by atoms with E-state index in [1.165, 1.54) is 0 Å². The Hall–Kier alpha value is -1.13. The molecule has 19 heavy (non-hydrogen) atoms. The summed E-state index contributed by atoms with van der Waals surface area (Å²) in [5.74, 6) is 0.224. The SMILES string of the molecule is O=C(Oc1ccccc1)[C@H](Br)[C@@H](Br)c1ccccc1. The van der Waals surface area contributed by atoms with Crippen molar-refractivity contribution in [1.82, 2.24) is 0 Å². The molecular weight excluding hydrogens is 372 g/mol. The molecule has 0 amide bonds. The van der Waals surface area contributed by atoms with Crippen molar-refractivity contribution in [3.63, 3.8) is 0 Å². The quantitative estimate of drug-likeness (QED) is 0.441. The summed E-state index contributed by atoms with van der Waals surface area (Å²) in [5.41, 5.74) is 1.02. The fourth-order valence-corrected chi connectivity index (χ4v) is 2.51. The van der Waals surface area contributed by atoms with Crippen molar-refractivity contribution < 1.29 is 9.53 Å². The van der Waals surface area contributed by atoms with Crippen molar-refractivity contribution in [1.29, 1.82) is 0 Å². The summed E-state index contributed by atoms with van der Waals surface area (Å²) in [7, 11) is 0. The van der Waals surface area contributed by atoms with Crippen molar-refractivity contribution in [2.24, 2.45) is 0 Å². The predicted molar refractivity (Wildman–Crippen MR) is 82.9 cm³/mol. The van der Waals surface area contributed by atoms with Gasteiger partial charge in [-0.1, -0.05) is 80.4 Å². The monoisotopic (exact) mass is 382 g/mol. The Kier molecular flexibility index (Phi) is 5.16. The lowest BCUT2D eigenvalue weighted by Gasteiger charge is -2.16. The van der Waals surface area contributed by atoms with Crippen LogP contribution in [0, 0.1) is 0 Å². The molecule has 0 saturated heterocycles. The number of alkyl halides is 2. The van der Waals surface area contributed by atoms with E-state index in [1.807, 2.05) is 48.5 Å². The highest BCUT2D eigenvalue weighted by molar-refractivity contribution is 9.12. The van der Waals surface area contributed by atoms with Crippen LogP contribution in [0.5, 0.6) is 5.75 Å². The number of rotatable bonds is 4. The molecule has 0 spiro atoms. The van der Waals surface area contributed by atoms with Crippen LogP contribution in [0.3, 0.4) is 0 Å². The molecule has 0 aliphatic carbocycles. The van der Waals surface area contributed by atoms with E-state index >= 15 is 0 Å². The summed E-state index contributed by atoms with van der Waals surface area (Å²) in [5, 5.41) is 0. The van der Waals surface area contributed by atoms with Gasteiger partial charge in [0, 0.05) is 0 Å². The van der Waals surface area contributed by atoms with E-state index in [0.29, 0.717) is 5.75 Å². The molecule has 0 radical (unpaired) electrons. The molecule has 4 heteroatoms. The number of halogens is 2. The van der Waals surface area contributed by atoms with Gasteiger partial charge in [-0.25, -0.2) is 0 Å². The minimum atomic E-state index is -0.449. The number of ether oxygens (including phenoxy) is 1. The van der Waals surface area contributed by atoms with Gasteiger partial charge in [-0.2, -0.15) is 0 Å². The zero-order chi connectivity index (χ0) is 13.7. The van der Waals surface area contributed by atoms with Gasteiger partial charge in [-0.3, -0.25) is 4.79 Å². The van der Waals surface area contributed by atoms with E-state index in [0.717, 1.165) is 5.56 Å². The molecule has 0 unspecified atom stereocenters. The molecule has 0 aromatic heterocycles. The highest BCUT2D eigenvalue weighted by atomic mass is 79.9. The van der Waals surface area contributed by atoms with Crippen LogP contribution in [0.25, 0.3) is 0 Å². The first-order chi connectivity index (χ1) is 9.18. The Morgan fingerprint density at radius 2 is 1.42 bits per heavy atom. The van der Waals surface area contributed by atoms with Gasteiger partial charge in [0.05, 0.1) is 4.83 Å². The first-order valence-corrected chi connectivity index (χ1v) is 7.61. The van der Waals surface area contributed by atoms with Crippen LogP contribution >= 0.6 is 31.9 Å². The summed E-state index contributed by atoms with van der Waals surface area (Å²) in [6, 6.07) is 18.8. The van der Waals surface area contributed by atoms with Crippen LogP contribution in [-0.2, 0) is 4.79 Å². The lowest BCUT2D eigenvalue weighted by atomic mass is 10.1. The van der Waals surface area contributed by atoms with E-state index in [9.17, 15) is 4.79 Å². The van der Waals surface area contributed by atoms with E-state index in [1.54, 1.807) is 12.1 Å². The maximum atomic E-state index is 12.0. The molecule has 0 heterocycles. The predicted octanol–water partition coefficient (Wildman–Crippen LogP) is 4.49. The van der Waals surface area contributed by atoms with Crippen LogP contribution < -0.4 is 4.74 Å². The Morgan fingerprint density at radius 1 is 0.895 bits per heavy atom. The third-order valence-corrected chi connectivity index (χ3v) is 5.23. The van der Waals surface area contributed by atoms with Gasteiger partial charge in [0.15, 0.2) is 0 Å². The van der Waals surface area contributed by atoms with Gasteiger partial charge in [-0.05, 0) is 17.7 Å². The smallest absolute Gasteiger partial charge is 0.326 e. The van der Waals surface area contributed by atoms with Crippen molar-refractivity contribution in [2.75, 3.05) is 0 Å². The average Bonchev–Trinajstić information content (AvgIpc) is 2.47. The minimum absolute atomic E-state index is 0.134. The van der Waals surface area contributed by atoms with E-state index in [-0.39, 0.29) is 10.8 Å². The fourth-order valence-electron chi connectivity index (χ4n) is 1.59. The van der Waals surface area contributed by atoms with E-state index < -0.39 is 4.83 Å². The molecule has 0 aliphatic rings. The molecule has 2 aromatic rings. The molecular formula is C15H12Br2O2. The standard InChI is InChI=1S/C15H12Br2O2/c16-13(11-7-3-1-4-8-11)14(17)15(18)19-12-9-5-2-6-10-12/h1-10,13-14H/t13-,14+/m0/s1. The Labute approximate surface area is 129 Å². The fraction of sp³-hybridized carbons (Fsp3) is 0.133. The van der Waals surface area contributed by atoms with Crippen molar-refractivity contribution in [3.05, 3.63) is 66.2 Å². The molecule has 2 rings (SSSR count). The van der Waals surface area contributed by atoms with Gasteiger partial charge >= 0.3 is 5.97 Å². The second-order valence-corrected chi connectivity index (χ2v) is 5.92. The molecule has 0 aliphatic heterocycles. The number of esters is 1. The van der Waals surface area contributed by atoms with Gasteiger partial charge in [0.1, 0.15) is 10.6 Å². The van der Waals surface area contributed by atoms with Crippen LogP contribution in [0.2, 0.25) is 0 Å². The summed E-state index contributed by atoms with van der Waals surface area (Å²) in [4.78, 5) is 11.4. The molecule has 2 nitrogen and oxygen atoms in total. The summed E-state index contributed by atoms with van der Waals surface area (Å²) in [6.07, 6.45) is 0. The molecule has 98 valence electrons. The Bertz CT molecular complexity index is 528. The first kappa shape index (κ1) is 14.3. The lowest BCUT2D eigenvalue weighted by molar-refractivity contribution is -0.133. The topological polar surface area (TPSA) is 26.3 Å². The van der Waals surface area contributed by atoms with Crippen LogP contribution in [-0.4, -0.2) is 10.8 Å². The first-order valence-electron chi connectivity index (χ1n) is 5.78. The molecule has 2 atom stereocenters. The van der Waals surface area contributed by atoms with E-state index in [4.69, 9.17) is 4.74 Å². The zero-order valence-corrected chi connectivity index (χ0v) is 13.2. The number of carbonyl (C=O) groups is 1. The van der Waals surface area contributed by atoms with Gasteiger partial charge in [0.25, 0.3) is 0 Å². The van der Waals surface area contributed by atoms with Crippen LogP contribution in [0.1, 0.15) is 10.4 Å². The number of para-hydroxylation sites is 1. The highest BCUT2D eigenvalue weighted by Gasteiger charge is 2.26. The van der Waals surface area contributed by atoms with Gasteiger partial charge in [0.2, 0.25) is 0 Å². The minimum Gasteiger partial charge on any atom is -0.426 e. The molecule has 0 bridgehead atoms. The van der Waals surface area contributed by atoms with E-state index in [2.05, 4.69) is 31.9 Å². The Morgan fingerprint density at radius 3 is 2.00 bits per heavy atom. The number of carbonyl (C=O) groups excluding carboxylic acids is 1. The normalized spacial score (nSPS) is 13.6.